The molecule has 10 heteroatoms. The van der Waals surface area contributed by atoms with Crippen molar-refractivity contribution in [2.24, 2.45) is 0 Å². The van der Waals surface area contributed by atoms with Gasteiger partial charge in [0.15, 0.2) is 6.29 Å². The van der Waals surface area contributed by atoms with E-state index in [1.807, 2.05) is 41.5 Å². The average molecular weight is 456 g/mol. The first kappa shape index (κ1) is 26.1. The number of nitrogens with zero attached hydrogens (tertiary/aromatic N) is 3. The summed E-state index contributed by atoms with van der Waals surface area (Å²) >= 11 is 0. The zero-order chi connectivity index (χ0) is 24.1. The lowest BCUT2D eigenvalue weighted by molar-refractivity contribution is -0.174. The Morgan fingerprint density at radius 1 is 1.25 bits per heavy atom. The maximum Gasteiger partial charge on any atom is 0.410 e. The third-order valence-corrected chi connectivity index (χ3v) is 4.93. The molecule has 0 spiro atoms. The van der Waals surface area contributed by atoms with E-state index in [1.165, 1.54) is 6.92 Å². The van der Waals surface area contributed by atoms with Gasteiger partial charge in [0.05, 0.1) is 11.5 Å². The Balaban J connectivity index is 2.30. The molecule has 0 saturated carbocycles. The maximum atomic E-state index is 12.8. The second-order valence-electron chi connectivity index (χ2n) is 9.58. The fourth-order valence-corrected chi connectivity index (χ4v) is 3.43. The molecule has 182 valence electrons. The molecule has 3 atom stereocenters. The first-order chi connectivity index (χ1) is 14.8. The van der Waals surface area contributed by atoms with Gasteiger partial charge in [0.1, 0.15) is 18.3 Å². The average Bonchev–Trinajstić information content (AvgIpc) is 3.33. The van der Waals surface area contributed by atoms with Crippen LogP contribution in [0.15, 0.2) is 4.52 Å². The Labute approximate surface area is 189 Å². The third kappa shape index (κ3) is 7.16. The van der Waals surface area contributed by atoms with Gasteiger partial charge in [-0.25, -0.2) is 4.79 Å². The molecule has 1 aromatic heterocycles. The first-order valence-corrected chi connectivity index (χ1v) is 11.1. The monoisotopic (exact) mass is 455 g/mol. The highest BCUT2D eigenvalue weighted by molar-refractivity contribution is 5.69. The van der Waals surface area contributed by atoms with Gasteiger partial charge in [0.2, 0.25) is 11.7 Å². The van der Waals surface area contributed by atoms with Gasteiger partial charge in [-0.05, 0) is 61.3 Å². The Kier molecular flexibility index (Phi) is 8.64. The summed E-state index contributed by atoms with van der Waals surface area (Å²) in [5, 5.41) is 4.15. The van der Waals surface area contributed by atoms with Crippen molar-refractivity contribution in [3.8, 4) is 0 Å². The molecule has 2 rings (SSSR count). The molecule has 0 bridgehead atoms. The van der Waals surface area contributed by atoms with Gasteiger partial charge in [-0.15, -0.1) is 0 Å². The minimum absolute atomic E-state index is 0.0955. The quantitative estimate of drug-likeness (QED) is 0.406. The summed E-state index contributed by atoms with van der Waals surface area (Å²) in [5.41, 5.74) is -1.30. The second-order valence-corrected chi connectivity index (χ2v) is 9.58. The van der Waals surface area contributed by atoms with Crippen molar-refractivity contribution in [2.75, 3.05) is 19.8 Å². The smallest absolute Gasteiger partial charge is 0.410 e. The zero-order valence-electron chi connectivity index (χ0n) is 20.5. The fraction of sp³-hybridized carbons (Fsp3) is 0.818. The highest BCUT2D eigenvalue weighted by Gasteiger charge is 2.42. The number of ether oxygens (including phenoxy) is 4. The number of amides is 1. The van der Waals surface area contributed by atoms with Gasteiger partial charge in [-0.2, -0.15) is 4.98 Å². The van der Waals surface area contributed by atoms with E-state index in [-0.39, 0.29) is 18.6 Å². The Bertz CT molecular complexity index is 772. The van der Waals surface area contributed by atoms with E-state index >= 15 is 0 Å². The van der Waals surface area contributed by atoms with E-state index in [0.29, 0.717) is 31.3 Å². The third-order valence-electron chi connectivity index (χ3n) is 4.93. The molecule has 32 heavy (non-hydrogen) atoms. The predicted octanol–water partition coefficient (Wildman–Crippen LogP) is 3.75. The Hall–Kier alpha value is -2.20. The van der Waals surface area contributed by atoms with E-state index in [1.54, 1.807) is 11.8 Å². The van der Waals surface area contributed by atoms with Crippen LogP contribution in [0.4, 0.5) is 4.79 Å². The molecule has 1 amide bonds. The molecule has 10 nitrogen and oxygen atoms in total. The highest BCUT2D eigenvalue weighted by atomic mass is 16.7. The molecule has 0 aliphatic carbocycles. The molecule has 1 fully saturated rings. The van der Waals surface area contributed by atoms with Crippen LogP contribution in [0.2, 0.25) is 0 Å². The number of carbonyl (C=O) groups excluding carboxylic acids is 2. The number of hydrogen-bond donors (Lipinski definition) is 0. The highest BCUT2D eigenvalue weighted by Crippen LogP contribution is 2.34. The van der Waals surface area contributed by atoms with Crippen molar-refractivity contribution in [1.82, 2.24) is 15.0 Å². The number of carbonyl (C=O) groups is 2. The molecule has 0 radical (unpaired) electrons. The van der Waals surface area contributed by atoms with Gasteiger partial charge in [-0.3, -0.25) is 4.79 Å². The molecule has 1 aliphatic heterocycles. The minimum atomic E-state index is -0.687. The molecule has 2 unspecified atom stereocenters. The van der Waals surface area contributed by atoms with Crippen molar-refractivity contribution in [3.63, 3.8) is 0 Å². The standard InChI is InChI=1S/C22H37N3O7/c1-9-28-15(3)30-17(16-11-10-12-25(16)20(27)31-21(4,5)6)18-23-19(32-24-18)22(7,8)13-29-14(2)26/h15-17H,9-13H2,1-8H3/t15?,16-,17?/m0/s1. The van der Waals surface area contributed by atoms with Crippen LogP contribution < -0.4 is 0 Å². The van der Waals surface area contributed by atoms with E-state index in [2.05, 4.69) is 10.1 Å². The van der Waals surface area contributed by atoms with Crippen LogP contribution in [0.3, 0.4) is 0 Å². The van der Waals surface area contributed by atoms with Crippen LogP contribution in [-0.4, -0.2) is 64.8 Å². The van der Waals surface area contributed by atoms with Gasteiger partial charge >= 0.3 is 12.1 Å². The minimum Gasteiger partial charge on any atom is -0.465 e. The van der Waals surface area contributed by atoms with Crippen molar-refractivity contribution in [3.05, 3.63) is 11.7 Å². The lowest BCUT2D eigenvalue weighted by Gasteiger charge is -2.33. The second kappa shape index (κ2) is 10.6. The van der Waals surface area contributed by atoms with E-state index < -0.39 is 29.5 Å². The first-order valence-electron chi connectivity index (χ1n) is 11.1. The summed E-state index contributed by atoms with van der Waals surface area (Å²) in [6, 6.07) is -0.338. The number of aromatic nitrogens is 2. The topological polar surface area (TPSA) is 113 Å². The number of rotatable bonds is 9. The summed E-state index contributed by atoms with van der Waals surface area (Å²) in [6.07, 6.45) is -0.119. The maximum absolute atomic E-state index is 12.8. The number of likely N-dealkylation sites (tertiary alicyclic amines) is 1. The summed E-state index contributed by atoms with van der Waals surface area (Å²) in [4.78, 5) is 30.3. The molecule has 2 heterocycles. The lowest BCUT2D eigenvalue weighted by Crippen LogP contribution is -2.44. The Morgan fingerprint density at radius 2 is 1.94 bits per heavy atom. The zero-order valence-corrected chi connectivity index (χ0v) is 20.5. The molecule has 0 N–H and O–H groups in total. The van der Waals surface area contributed by atoms with Crippen molar-refractivity contribution < 1.29 is 33.1 Å². The van der Waals surface area contributed by atoms with Crippen LogP contribution in [0.25, 0.3) is 0 Å². The predicted molar refractivity (Wildman–Crippen MR) is 115 cm³/mol. The van der Waals surface area contributed by atoms with Crippen LogP contribution in [0.5, 0.6) is 0 Å². The SMILES string of the molecule is CCOC(C)OC(c1noc(C(C)(C)COC(C)=O)n1)[C@@H]1CCCN1C(=O)OC(C)(C)C. The van der Waals surface area contributed by atoms with Crippen LogP contribution in [-0.2, 0) is 29.2 Å². The lowest BCUT2D eigenvalue weighted by atomic mass is 9.95. The largest absolute Gasteiger partial charge is 0.465 e. The van der Waals surface area contributed by atoms with E-state index in [4.69, 9.17) is 23.5 Å². The van der Waals surface area contributed by atoms with Crippen molar-refractivity contribution in [1.29, 1.82) is 0 Å². The summed E-state index contributed by atoms with van der Waals surface area (Å²) in [7, 11) is 0. The van der Waals surface area contributed by atoms with Crippen LogP contribution in [0, 0.1) is 0 Å². The molecule has 1 aliphatic rings. The van der Waals surface area contributed by atoms with E-state index in [9.17, 15) is 9.59 Å². The van der Waals surface area contributed by atoms with E-state index in [0.717, 1.165) is 6.42 Å². The fourth-order valence-electron chi connectivity index (χ4n) is 3.43. The van der Waals surface area contributed by atoms with Crippen LogP contribution >= 0.6 is 0 Å². The van der Waals surface area contributed by atoms with Crippen molar-refractivity contribution >= 4 is 12.1 Å². The molecular formula is C22H37N3O7. The summed E-state index contributed by atoms with van der Waals surface area (Å²) < 4.78 is 28.0. The van der Waals surface area contributed by atoms with Gasteiger partial charge in [0.25, 0.3) is 0 Å². The summed E-state index contributed by atoms with van der Waals surface area (Å²) in [6.45, 7) is 15.3. The van der Waals surface area contributed by atoms with Gasteiger partial charge < -0.3 is 28.4 Å². The molecule has 1 saturated heterocycles. The summed E-state index contributed by atoms with van der Waals surface area (Å²) in [5.74, 6) is 0.236. The van der Waals surface area contributed by atoms with Crippen molar-refractivity contribution in [2.45, 2.75) is 97.7 Å². The number of esters is 1. The molecule has 1 aromatic rings. The van der Waals surface area contributed by atoms with Gasteiger partial charge in [0, 0.05) is 20.1 Å². The molecular weight excluding hydrogens is 418 g/mol. The van der Waals surface area contributed by atoms with Gasteiger partial charge in [-0.1, -0.05) is 5.16 Å². The molecule has 0 aromatic carbocycles. The normalized spacial score (nSPS) is 19.0. The van der Waals surface area contributed by atoms with Crippen LogP contribution in [0.1, 0.15) is 86.1 Å². The number of hydrogen-bond acceptors (Lipinski definition) is 9. The Morgan fingerprint density at radius 3 is 2.53 bits per heavy atom.